The van der Waals surface area contributed by atoms with Crippen LogP contribution in [-0.2, 0) is 7.05 Å². The Morgan fingerprint density at radius 2 is 2.03 bits per heavy atom. The first-order valence-corrected chi connectivity index (χ1v) is 9.75. The molecule has 1 saturated carbocycles. The van der Waals surface area contributed by atoms with Crippen molar-refractivity contribution in [3.8, 4) is 5.75 Å². The Labute approximate surface area is 168 Å². The number of aryl methyl sites for hydroxylation is 1. The molecule has 0 radical (unpaired) electrons. The molecule has 1 aliphatic rings. The number of methoxy groups -OCH3 is 1. The van der Waals surface area contributed by atoms with Gasteiger partial charge in [-0.15, -0.1) is 0 Å². The average molecular weight is 395 g/mol. The Morgan fingerprint density at radius 1 is 1.28 bits per heavy atom. The van der Waals surface area contributed by atoms with E-state index in [1.807, 2.05) is 10.9 Å². The summed E-state index contributed by atoms with van der Waals surface area (Å²) in [6.45, 7) is 0. The Morgan fingerprint density at radius 3 is 2.76 bits per heavy atom. The molecule has 1 amide bonds. The second-order valence-electron chi connectivity index (χ2n) is 7.58. The first-order valence-electron chi connectivity index (χ1n) is 9.75. The summed E-state index contributed by atoms with van der Waals surface area (Å²) in [5, 5.41) is 8.23. The smallest absolute Gasteiger partial charge is 0.274 e. The lowest BCUT2D eigenvalue weighted by molar-refractivity contribution is 0.102. The Hall–Kier alpha value is -3.13. The third-order valence-electron chi connectivity index (χ3n) is 5.57. The largest absolute Gasteiger partial charge is 0.496 e. The van der Waals surface area contributed by atoms with E-state index in [9.17, 15) is 9.59 Å². The van der Waals surface area contributed by atoms with Gasteiger partial charge in [-0.3, -0.25) is 14.3 Å². The number of hydrogen-bond acceptors (Lipinski definition) is 5. The maximum absolute atomic E-state index is 12.9. The van der Waals surface area contributed by atoms with Crippen LogP contribution in [0.3, 0.4) is 0 Å². The summed E-state index contributed by atoms with van der Waals surface area (Å²) >= 11 is 0. The molecule has 0 bridgehead atoms. The molecule has 2 aromatic heterocycles. The summed E-state index contributed by atoms with van der Waals surface area (Å²) in [7, 11) is 3.15. The quantitative estimate of drug-likeness (QED) is 0.706. The van der Waals surface area contributed by atoms with Gasteiger partial charge in [0.2, 0.25) is 0 Å². The van der Waals surface area contributed by atoms with Crippen molar-refractivity contribution >= 4 is 22.5 Å². The van der Waals surface area contributed by atoms with E-state index in [1.165, 1.54) is 11.7 Å². The topological polar surface area (TPSA) is 104 Å². The van der Waals surface area contributed by atoms with E-state index >= 15 is 0 Å². The first kappa shape index (κ1) is 19.2. The molecule has 2 heterocycles. The van der Waals surface area contributed by atoms with Crippen LogP contribution >= 0.6 is 0 Å². The molecular formula is C21H25N5O3. The van der Waals surface area contributed by atoms with E-state index in [-0.39, 0.29) is 17.3 Å². The number of ether oxygens (including phenoxy) is 1. The third kappa shape index (κ3) is 3.75. The van der Waals surface area contributed by atoms with Crippen molar-refractivity contribution in [1.82, 2.24) is 14.3 Å². The van der Waals surface area contributed by atoms with Crippen LogP contribution in [0.2, 0.25) is 0 Å². The van der Waals surface area contributed by atoms with Gasteiger partial charge in [0.05, 0.1) is 24.2 Å². The molecule has 0 spiro atoms. The van der Waals surface area contributed by atoms with Crippen molar-refractivity contribution in [1.29, 1.82) is 0 Å². The molecule has 0 atom stereocenters. The summed E-state index contributed by atoms with van der Waals surface area (Å²) in [6.07, 6.45) is 7.58. The predicted molar refractivity (Wildman–Crippen MR) is 111 cm³/mol. The minimum atomic E-state index is -0.400. The van der Waals surface area contributed by atoms with Crippen molar-refractivity contribution in [3.05, 3.63) is 52.6 Å². The van der Waals surface area contributed by atoms with E-state index < -0.39 is 5.91 Å². The van der Waals surface area contributed by atoms with Gasteiger partial charge in [0.25, 0.3) is 11.5 Å². The average Bonchev–Trinajstić information content (AvgIpc) is 3.13. The number of pyridine rings is 1. The van der Waals surface area contributed by atoms with Crippen LogP contribution in [0.5, 0.6) is 5.75 Å². The lowest BCUT2D eigenvalue weighted by atomic mass is 9.92. The van der Waals surface area contributed by atoms with Gasteiger partial charge < -0.3 is 20.4 Å². The highest BCUT2D eigenvalue weighted by atomic mass is 16.5. The van der Waals surface area contributed by atoms with Crippen molar-refractivity contribution < 1.29 is 9.53 Å². The zero-order chi connectivity index (χ0) is 20.5. The summed E-state index contributed by atoms with van der Waals surface area (Å²) in [4.78, 5) is 25.1. The van der Waals surface area contributed by atoms with Crippen molar-refractivity contribution in [3.63, 3.8) is 0 Å². The molecule has 8 heteroatoms. The van der Waals surface area contributed by atoms with Gasteiger partial charge in [-0.25, -0.2) is 0 Å². The number of carbonyl (C=O) groups is 1. The number of nitrogens with zero attached hydrogens (tertiary/aromatic N) is 3. The summed E-state index contributed by atoms with van der Waals surface area (Å²) in [6, 6.07) is 7.40. The standard InChI is InChI=1S/C21H25N5O3/c1-25-9-3-4-17(21(25)28)23-20(27)16-10-13-12-26(15-7-5-14(22)6-8-15)24-18(13)11-19(16)29-2/h3-4,9-12,14-15H,5-8,22H2,1-2H3,(H,23,27). The van der Waals surface area contributed by atoms with E-state index in [0.29, 0.717) is 17.4 Å². The van der Waals surface area contributed by atoms with Crippen LogP contribution in [-0.4, -0.2) is 33.4 Å². The van der Waals surface area contributed by atoms with Crippen LogP contribution in [0.15, 0.2) is 41.5 Å². The van der Waals surface area contributed by atoms with E-state index in [0.717, 1.165) is 36.6 Å². The number of rotatable bonds is 4. The zero-order valence-electron chi connectivity index (χ0n) is 16.6. The highest BCUT2D eigenvalue weighted by Gasteiger charge is 2.22. The molecule has 8 nitrogen and oxygen atoms in total. The molecular weight excluding hydrogens is 370 g/mol. The third-order valence-corrected chi connectivity index (χ3v) is 5.57. The van der Waals surface area contributed by atoms with Crippen LogP contribution in [0.4, 0.5) is 5.69 Å². The number of aromatic nitrogens is 3. The van der Waals surface area contributed by atoms with Crippen LogP contribution < -0.4 is 21.3 Å². The number of carbonyl (C=O) groups excluding carboxylic acids is 1. The number of benzene rings is 1. The lowest BCUT2D eigenvalue weighted by Crippen LogP contribution is -2.27. The minimum Gasteiger partial charge on any atom is -0.496 e. The van der Waals surface area contributed by atoms with Crippen LogP contribution in [0.1, 0.15) is 42.1 Å². The molecule has 1 fully saturated rings. The summed E-state index contributed by atoms with van der Waals surface area (Å²) in [5.74, 6) is 0.0158. The number of nitrogens with two attached hydrogens (primary N) is 1. The van der Waals surface area contributed by atoms with Gasteiger partial charge in [0.15, 0.2) is 0 Å². The van der Waals surface area contributed by atoms with Gasteiger partial charge in [-0.05, 0) is 43.9 Å². The summed E-state index contributed by atoms with van der Waals surface area (Å²) in [5.41, 5.74) is 7.08. The van der Waals surface area contributed by atoms with Gasteiger partial charge in [-0.2, -0.15) is 5.10 Å². The molecule has 0 unspecified atom stereocenters. The Kier molecular flexibility index (Phi) is 5.10. The summed E-state index contributed by atoms with van der Waals surface area (Å²) < 4.78 is 8.81. The maximum Gasteiger partial charge on any atom is 0.274 e. The van der Waals surface area contributed by atoms with E-state index in [4.69, 9.17) is 15.6 Å². The highest BCUT2D eigenvalue weighted by molar-refractivity contribution is 6.08. The fourth-order valence-electron chi connectivity index (χ4n) is 3.85. The van der Waals surface area contributed by atoms with Gasteiger partial charge >= 0.3 is 0 Å². The molecule has 3 aromatic rings. The molecule has 152 valence electrons. The Bertz CT molecular complexity index is 1110. The molecule has 0 aliphatic heterocycles. The second kappa shape index (κ2) is 7.71. The normalized spacial score (nSPS) is 19.3. The molecule has 1 aromatic carbocycles. The van der Waals surface area contributed by atoms with Crippen molar-refractivity contribution in [2.75, 3.05) is 12.4 Å². The fourth-order valence-corrected chi connectivity index (χ4v) is 3.85. The zero-order valence-corrected chi connectivity index (χ0v) is 16.6. The molecule has 4 rings (SSSR count). The number of hydrogen-bond donors (Lipinski definition) is 2. The number of anilines is 1. The maximum atomic E-state index is 12.9. The molecule has 0 saturated heterocycles. The number of nitrogens with one attached hydrogen (secondary N) is 1. The molecule has 29 heavy (non-hydrogen) atoms. The minimum absolute atomic E-state index is 0.219. The van der Waals surface area contributed by atoms with Crippen molar-refractivity contribution in [2.24, 2.45) is 12.8 Å². The van der Waals surface area contributed by atoms with Gasteiger partial charge in [-0.1, -0.05) is 0 Å². The molecule has 1 aliphatic carbocycles. The van der Waals surface area contributed by atoms with Crippen molar-refractivity contribution in [2.45, 2.75) is 37.8 Å². The second-order valence-corrected chi connectivity index (χ2v) is 7.58. The number of fused-ring (bicyclic) bond motifs is 1. The monoisotopic (exact) mass is 395 g/mol. The number of amides is 1. The Balaban J connectivity index is 1.65. The van der Waals surface area contributed by atoms with E-state index in [1.54, 1.807) is 37.5 Å². The fraction of sp³-hybridized carbons (Fsp3) is 0.381. The van der Waals surface area contributed by atoms with E-state index in [2.05, 4.69) is 5.32 Å². The lowest BCUT2D eigenvalue weighted by Gasteiger charge is -2.26. The SMILES string of the molecule is COc1cc2nn(C3CCC(N)CC3)cc2cc1C(=O)Nc1cccn(C)c1=O. The molecule has 3 N–H and O–H groups in total. The van der Waals surface area contributed by atoms with Crippen LogP contribution in [0.25, 0.3) is 10.9 Å². The van der Waals surface area contributed by atoms with Crippen LogP contribution in [0, 0.1) is 0 Å². The van der Waals surface area contributed by atoms with Gasteiger partial charge in [0, 0.05) is 36.9 Å². The first-order chi connectivity index (χ1) is 14.0. The predicted octanol–water partition coefficient (Wildman–Crippen LogP) is 2.44. The highest BCUT2D eigenvalue weighted by Crippen LogP contribution is 2.31. The van der Waals surface area contributed by atoms with Gasteiger partial charge in [0.1, 0.15) is 11.4 Å².